The van der Waals surface area contributed by atoms with Gasteiger partial charge in [-0.1, -0.05) is 143 Å². The molecule has 0 aliphatic heterocycles. The molecule has 0 N–H and O–H groups in total. The Kier molecular flexibility index (Phi) is 12.0. The lowest BCUT2D eigenvalue weighted by molar-refractivity contribution is 0.237. The highest BCUT2D eigenvalue weighted by Crippen LogP contribution is 2.41. The number of hydrogen-bond acceptors (Lipinski definition) is 1. The molecular formula is C37H56O. The van der Waals surface area contributed by atoms with Crippen molar-refractivity contribution in [3.63, 3.8) is 0 Å². The molecule has 0 heterocycles. The summed E-state index contributed by atoms with van der Waals surface area (Å²) < 4.78 is 6.85. The summed E-state index contributed by atoms with van der Waals surface area (Å²) in [4.78, 5) is 0. The molecule has 0 bridgehead atoms. The number of aryl methyl sites for hydroxylation is 1. The van der Waals surface area contributed by atoms with E-state index in [-0.39, 0.29) is 5.41 Å². The van der Waals surface area contributed by atoms with Gasteiger partial charge in [-0.15, -0.1) is 0 Å². The molecule has 2 unspecified atom stereocenters. The van der Waals surface area contributed by atoms with Gasteiger partial charge in [-0.25, -0.2) is 0 Å². The van der Waals surface area contributed by atoms with E-state index in [9.17, 15) is 0 Å². The Hall–Kier alpha value is -2.02. The molecule has 0 radical (unpaired) electrons. The van der Waals surface area contributed by atoms with Crippen molar-refractivity contribution in [3.8, 4) is 5.75 Å². The smallest absolute Gasteiger partial charge is 0.134 e. The highest BCUT2D eigenvalue weighted by molar-refractivity contribution is 6.08. The van der Waals surface area contributed by atoms with Gasteiger partial charge in [-0.05, 0) is 64.5 Å². The van der Waals surface area contributed by atoms with Crippen molar-refractivity contribution in [2.75, 3.05) is 6.61 Å². The summed E-state index contributed by atoms with van der Waals surface area (Å²) in [6.07, 6.45) is 15.5. The van der Waals surface area contributed by atoms with Gasteiger partial charge in [0, 0.05) is 10.8 Å². The van der Waals surface area contributed by atoms with E-state index in [2.05, 4.69) is 90.9 Å². The third kappa shape index (κ3) is 8.00. The van der Waals surface area contributed by atoms with Crippen LogP contribution in [-0.4, -0.2) is 6.61 Å². The van der Waals surface area contributed by atoms with Crippen LogP contribution >= 0.6 is 0 Å². The standard InChI is InChI=1S/C37H56O/c1-8-12-14-18-28(10-3)22-24-32-31-20-16-17-21-34(31)36(38-27-29(11-4)19-15-13-9-2)35-26-30(37(5,6)7)23-25-33(32)35/h16-17,20-21,23,25-26,28-29H,8-15,18-19,22,24,27H2,1-7H3. The molecule has 0 aliphatic rings. The van der Waals surface area contributed by atoms with Crippen LogP contribution in [0.1, 0.15) is 130 Å². The van der Waals surface area contributed by atoms with Gasteiger partial charge in [0.2, 0.25) is 0 Å². The first-order valence-electron chi connectivity index (χ1n) is 15.9. The average Bonchev–Trinajstić information content (AvgIpc) is 2.91. The molecule has 1 nitrogen and oxygen atoms in total. The Morgan fingerprint density at radius 1 is 0.658 bits per heavy atom. The van der Waals surface area contributed by atoms with E-state index in [1.165, 1.54) is 103 Å². The fourth-order valence-electron chi connectivity index (χ4n) is 5.99. The van der Waals surface area contributed by atoms with E-state index in [0.717, 1.165) is 24.7 Å². The molecule has 0 saturated carbocycles. The van der Waals surface area contributed by atoms with Crippen LogP contribution in [0.4, 0.5) is 0 Å². The molecule has 1 heteroatoms. The molecule has 210 valence electrons. The van der Waals surface area contributed by atoms with E-state index in [4.69, 9.17) is 4.74 Å². The Balaban J connectivity index is 2.05. The van der Waals surface area contributed by atoms with Gasteiger partial charge in [0.05, 0.1) is 6.61 Å². The first-order chi connectivity index (χ1) is 18.3. The highest BCUT2D eigenvalue weighted by atomic mass is 16.5. The van der Waals surface area contributed by atoms with Gasteiger partial charge in [0.1, 0.15) is 5.75 Å². The predicted octanol–water partition coefficient (Wildman–Crippen LogP) is 11.8. The molecule has 0 fully saturated rings. The quantitative estimate of drug-likeness (QED) is 0.136. The molecule has 0 spiro atoms. The Morgan fingerprint density at radius 3 is 1.87 bits per heavy atom. The molecule has 0 saturated heterocycles. The average molecular weight is 517 g/mol. The second-order valence-corrected chi connectivity index (χ2v) is 12.8. The highest BCUT2D eigenvalue weighted by Gasteiger charge is 2.21. The molecule has 38 heavy (non-hydrogen) atoms. The third-order valence-corrected chi connectivity index (χ3v) is 8.80. The van der Waals surface area contributed by atoms with E-state index in [1.807, 2.05) is 0 Å². The van der Waals surface area contributed by atoms with Crippen molar-refractivity contribution in [3.05, 3.63) is 53.6 Å². The van der Waals surface area contributed by atoms with Gasteiger partial charge in [0.25, 0.3) is 0 Å². The number of fused-ring (bicyclic) bond motifs is 2. The molecule has 0 aromatic heterocycles. The monoisotopic (exact) mass is 516 g/mol. The number of benzene rings is 3. The first-order valence-corrected chi connectivity index (χ1v) is 15.9. The summed E-state index contributed by atoms with van der Waals surface area (Å²) in [7, 11) is 0. The zero-order valence-electron chi connectivity index (χ0n) is 25.8. The maximum Gasteiger partial charge on any atom is 0.134 e. The van der Waals surface area contributed by atoms with Crippen molar-refractivity contribution in [2.24, 2.45) is 11.8 Å². The van der Waals surface area contributed by atoms with Crippen LogP contribution in [0.5, 0.6) is 5.75 Å². The molecule has 3 rings (SSSR count). The van der Waals surface area contributed by atoms with Crippen LogP contribution in [0.25, 0.3) is 21.5 Å². The lowest BCUT2D eigenvalue weighted by Gasteiger charge is -2.24. The predicted molar refractivity (Wildman–Crippen MR) is 170 cm³/mol. The number of ether oxygens (including phenoxy) is 1. The first kappa shape index (κ1) is 30.5. The normalized spacial score (nSPS) is 13.8. The topological polar surface area (TPSA) is 9.23 Å². The van der Waals surface area contributed by atoms with Gasteiger partial charge in [-0.3, -0.25) is 0 Å². The SMILES string of the molecule is CCCCCC(CC)CCc1c2ccccc2c(OCC(CC)CCCCC)c2cc(C(C)(C)C)ccc12. The van der Waals surface area contributed by atoms with Gasteiger partial charge < -0.3 is 4.74 Å². The summed E-state index contributed by atoms with van der Waals surface area (Å²) in [5, 5.41) is 5.40. The van der Waals surface area contributed by atoms with Crippen molar-refractivity contribution >= 4 is 21.5 Å². The second kappa shape index (κ2) is 14.9. The minimum absolute atomic E-state index is 0.107. The van der Waals surface area contributed by atoms with Crippen LogP contribution in [-0.2, 0) is 11.8 Å². The van der Waals surface area contributed by atoms with Crippen molar-refractivity contribution in [1.82, 2.24) is 0 Å². The zero-order chi connectivity index (χ0) is 27.5. The summed E-state index contributed by atoms with van der Waals surface area (Å²) >= 11 is 0. The van der Waals surface area contributed by atoms with Crippen molar-refractivity contribution in [1.29, 1.82) is 0 Å². The fourth-order valence-corrected chi connectivity index (χ4v) is 5.99. The summed E-state index contributed by atoms with van der Waals surface area (Å²) in [6, 6.07) is 16.2. The largest absolute Gasteiger partial charge is 0.492 e. The van der Waals surface area contributed by atoms with Gasteiger partial charge >= 0.3 is 0 Å². The van der Waals surface area contributed by atoms with E-state index in [1.54, 1.807) is 0 Å². The second-order valence-electron chi connectivity index (χ2n) is 12.8. The third-order valence-electron chi connectivity index (χ3n) is 8.80. The maximum absolute atomic E-state index is 6.85. The van der Waals surface area contributed by atoms with E-state index >= 15 is 0 Å². The lowest BCUT2D eigenvalue weighted by Crippen LogP contribution is -2.13. The molecule has 3 aromatic carbocycles. The Labute approximate surface area is 234 Å². The maximum atomic E-state index is 6.85. The Morgan fingerprint density at radius 2 is 1.26 bits per heavy atom. The van der Waals surface area contributed by atoms with Crippen molar-refractivity contribution in [2.45, 2.75) is 131 Å². The molecule has 2 atom stereocenters. The van der Waals surface area contributed by atoms with Crippen LogP contribution in [0.15, 0.2) is 42.5 Å². The number of unbranched alkanes of at least 4 members (excludes halogenated alkanes) is 4. The van der Waals surface area contributed by atoms with Gasteiger partial charge in [0.15, 0.2) is 0 Å². The molecule has 0 aliphatic carbocycles. The lowest BCUT2D eigenvalue weighted by atomic mass is 9.83. The van der Waals surface area contributed by atoms with Crippen LogP contribution in [0.2, 0.25) is 0 Å². The van der Waals surface area contributed by atoms with Crippen LogP contribution < -0.4 is 4.74 Å². The van der Waals surface area contributed by atoms with E-state index < -0.39 is 0 Å². The molecule has 3 aromatic rings. The summed E-state index contributed by atoms with van der Waals surface area (Å²) in [6.45, 7) is 17.1. The van der Waals surface area contributed by atoms with E-state index in [0.29, 0.717) is 5.92 Å². The number of hydrogen-bond donors (Lipinski definition) is 0. The van der Waals surface area contributed by atoms with Crippen LogP contribution in [0.3, 0.4) is 0 Å². The van der Waals surface area contributed by atoms with Crippen molar-refractivity contribution < 1.29 is 4.74 Å². The minimum Gasteiger partial charge on any atom is -0.492 e. The summed E-state index contributed by atoms with van der Waals surface area (Å²) in [5.74, 6) is 2.54. The summed E-state index contributed by atoms with van der Waals surface area (Å²) in [5.41, 5.74) is 3.01. The zero-order valence-corrected chi connectivity index (χ0v) is 25.8. The molecule has 0 amide bonds. The molecular weight excluding hydrogens is 460 g/mol. The Bertz CT molecular complexity index is 1120. The van der Waals surface area contributed by atoms with Gasteiger partial charge in [-0.2, -0.15) is 0 Å². The van der Waals surface area contributed by atoms with Crippen LogP contribution in [0, 0.1) is 11.8 Å². The number of rotatable bonds is 16. The minimum atomic E-state index is 0.107. The fraction of sp³-hybridized carbons (Fsp3) is 0.622.